The van der Waals surface area contributed by atoms with E-state index in [0.717, 1.165) is 72.3 Å². The third kappa shape index (κ3) is 2.44. The van der Waals surface area contributed by atoms with E-state index in [9.17, 15) is 9.18 Å². The number of rotatable bonds is 2. The van der Waals surface area contributed by atoms with Gasteiger partial charge in [-0.1, -0.05) is 0 Å². The molecule has 1 saturated carbocycles. The lowest BCUT2D eigenvalue weighted by molar-refractivity contribution is 0.0793. The Kier molecular flexibility index (Phi) is 3.61. The average molecular weight is 404 g/mol. The van der Waals surface area contributed by atoms with Gasteiger partial charge in [0.2, 0.25) is 0 Å². The fourth-order valence-corrected chi connectivity index (χ4v) is 5.06. The Labute approximate surface area is 172 Å². The summed E-state index contributed by atoms with van der Waals surface area (Å²) in [5.41, 5.74) is 6.12. The van der Waals surface area contributed by atoms with Crippen LogP contribution in [-0.2, 0) is 19.3 Å². The van der Waals surface area contributed by atoms with E-state index in [2.05, 4.69) is 15.3 Å². The molecule has 0 atom stereocenters. The highest BCUT2D eigenvalue weighted by Crippen LogP contribution is 2.43. The molecule has 1 spiro atoms. The molecule has 1 aliphatic heterocycles. The van der Waals surface area contributed by atoms with E-state index >= 15 is 0 Å². The topological polar surface area (TPSA) is 79.9 Å². The van der Waals surface area contributed by atoms with Crippen LogP contribution in [0, 0.1) is 5.82 Å². The van der Waals surface area contributed by atoms with Crippen molar-refractivity contribution in [3.63, 3.8) is 0 Å². The van der Waals surface area contributed by atoms with Gasteiger partial charge in [0.25, 0.3) is 5.91 Å². The maximum absolute atomic E-state index is 14.2. The Morgan fingerprint density at radius 1 is 1.23 bits per heavy atom. The van der Waals surface area contributed by atoms with Crippen LogP contribution in [0.15, 0.2) is 24.4 Å². The summed E-state index contributed by atoms with van der Waals surface area (Å²) < 4.78 is 19.2. The van der Waals surface area contributed by atoms with Crippen molar-refractivity contribution in [2.45, 2.75) is 44.1 Å². The molecule has 6 rings (SSSR count). The van der Waals surface area contributed by atoms with Crippen LogP contribution in [0.25, 0.3) is 22.8 Å². The zero-order valence-corrected chi connectivity index (χ0v) is 16.6. The molecule has 7 heteroatoms. The minimum Gasteiger partial charge on any atom is -0.494 e. The van der Waals surface area contributed by atoms with Crippen LogP contribution in [0.1, 0.15) is 46.4 Å². The Bertz CT molecular complexity index is 1210. The van der Waals surface area contributed by atoms with Crippen LogP contribution in [-0.4, -0.2) is 33.5 Å². The number of amides is 1. The third-order valence-corrected chi connectivity index (χ3v) is 6.77. The Morgan fingerprint density at radius 3 is 2.83 bits per heavy atom. The van der Waals surface area contributed by atoms with Crippen LogP contribution >= 0.6 is 0 Å². The molecule has 3 aromatic rings. The number of benzene rings is 1. The predicted octanol–water partition coefficient (Wildman–Crippen LogP) is 3.59. The predicted molar refractivity (Wildman–Crippen MR) is 109 cm³/mol. The molecule has 1 amide bonds. The molecule has 1 fully saturated rings. The lowest BCUT2D eigenvalue weighted by Crippen LogP contribution is -2.57. The van der Waals surface area contributed by atoms with Gasteiger partial charge < -0.3 is 15.0 Å². The van der Waals surface area contributed by atoms with Crippen LogP contribution in [0.3, 0.4) is 0 Å². The zero-order valence-electron chi connectivity index (χ0n) is 16.6. The number of ether oxygens (including phenoxy) is 1. The largest absolute Gasteiger partial charge is 0.494 e. The number of methoxy groups -OCH3 is 1. The highest BCUT2D eigenvalue weighted by molar-refractivity contribution is 6.01. The summed E-state index contributed by atoms with van der Waals surface area (Å²) in [5, 5.41) is 3.25. The quantitative estimate of drug-likeness (QED) is 0.684. The number of hydrogen-bond donors (Lipinski definition) is 2. The van der Waals surface area contributed by atoms with E-state index in [1.807, 2.05) is 6.20 Å². The number of H-pyrrole nitrogens is 1. The summed E-state index contributed by atoms with van der Waals surface area (Å²) in [6.45, 7) is 0. The zero-order chi connectivity index (χ0) is 20.5. The van der Waals surface area contributed by atoms with E-state index in [4.69, 9.17) is 9.72 Å². The van der Waals surface area contributed by atoms with Crippen molar-refractivity contribution in [3.8, 4) is 28.5 Å². The number of fused-ring (bicyclic) bond motifs is 5. The SMILES string of the molecule is COc1ccc(-c2ncc3c(n2)-c2[nH]c4c(c2CC3)C(=O)NC2(CCC2)C4)cc1F. The van der Waals surface area contributed by atoms with E-state index in [-0.39, 0.29) is 17.2 Å². The molecule has 2 N–H and O–H groups in total. The lowest BCUT2D eigenvalue weighted by Gasteiger charge is -2.45. The molecule has 30 heavy (non-hydrogen) atoms. The van der Waals surface area contributed by atoms with Crippen LogP contribution < -0.4 is 10.1 Å². The maximum Gasteiger partial charge on any atom is 0.253 e. The summed E-state index contributed by atoms with van der Waals surface area (Å²) in [6, 6.07) is 4.72. The average Bonchev–Trinajstić information content (AvgIpc) is 3.11. The van der Waals surface area contributed by atoms with Crippen molar-refractivity contribution >= 4 is 5.91 Å². The fraction of sp³-hybridized carbons (Fsp3) is 0.348. The highest BCUT2D eigenvalue weighted by atomic mass is 19.1. The van der Waals surface area contributed by atoms with Gasteiger partial charge in [-0.2, -0.15) is 0 Å². The van der Waals surface area contributed by atoms with E-state index in [1.54, 1.807) is 12.1 Å². The first kappa shape index (κ1) is 17.6. The first-order valence-electron chi connectivity index (χ1n) is 10.3. The molecule has 1 aromatic carbocycles. The van der Waals surface area contributed by atoms with Crippen molar-refractivity contribution in [1.29, 1.82) is 0 Å². The Hall–Kier alpha value is -3.22. The summed E-state index contributed by atoms with van der Waals surface area (Å²) in [7, 11) is 1.44. The van der Waals surface area contributed by atoms with Crippen molar-refractivity contribution in [3.05, 3.63) is 52.6 Å². The van der Waals surface area contributed by atoms with Crippen LogP contribution in [0.4, 0.5) is 4.39 Å². The summed E-state index contributed by atoms with van der Waals surface area (Å²) >= 11 is 0. The number of halogens is 1. The van der Waals surface area contributed by atoms with Crippen LogP contribution in [0.2, 0.25) is 0 Å². The second kappa shape index (κ2) is 6.14. The second-order valence-corrected chi connectivity index (χ2v) is 8.51. The molecule has 3 aliphatic rings. The van der Waals surface area contributed by atoms with Crippen molar-refractivity contribution < 1.29 is 13.9 Å². The number of aryl methyl sites for hydroxylation is 1. The molecular weight excluding hydrogens is 383 g/mol. The summed E-state index contributed by atoms with van der Waals surface area (Å²) in [4.78, 5) is 25.7. The summed E-state index contributed by atoms with van der Waals surface area (Å²) in [6.07, 6.45) is 7.46. The van der Waals surface area contributed by atoms with Crippen LogP contribution in [0.5, 0.6) is 5.75 Å². The van der Waals surface area contributed by atoms with Crippen molar-refractivity contribution in [2.24, 2.45) is 0 Å². The van der Waals surface area contributed by atoms with Gasteiger partial charge in [-0.05, 0) is 61.4 Å². The number of carbonyl (C=O) groups excluding carboxylic acids is 1. The van der Waals surface area contributed by atoms with E-state index in [1.165, 1.54) is 13.2 Å². The van der Waals surface area contributed by atoms with Gasteiger partial charge in [0.05, 0.1) is 24.1 Å². The van der Waals surface area contributed by atoms with Gasteiger partial charge >= 0.3 is 0 Å². The number of aromatic nitrogens is 3. The molecule has 0 unspecified atom stereocenters. The van der Waals surface area contributed by atoms with Gasteiger partial charge in [0, 0.05) is 29.4 Å². The monoisotopic (exact) mass is 404 g/mol. The van der Waals surface area contributed by atoms with Gasteiger partial charge in [-0.15, -0.1) is 0 Å². The number of hydrogen-bond acceptors (Lipinski definition) is 4. The molecule has 0 saturated heterocycles. The molecule has 152 valence electrons. The Morgan fingerprint density at radius 2 is 2.10 bits per heavy atom. The number of carbonyl (C=O) groups is 1. The third-order valence-electron chi connectivity index (χ3n) is 6.77. The second-order valence-electron chi connectivity index (χ2n) is 8.51. The number of nitrogens with zero attached hydrogens (tertiary/aromatic N) is 2. The van der Waals surface area contributed by atoms with Crippen molar-refractivity contribution in [2.75, 3.05) is 7.11 Å². The summed E-state index contributed by atoms with van der Waals surface area (Å²) in [5.74, 6) is 0.223. The molecule has 2 aromatic heterocycles. The molecule has 0 radical (unpaired) electrons. The first-order chi connectivity index (χ1) is 14.6. The molecular formula is C23H21FN4O2. The smallest absolute Gasteiger partial charge is 0.253 e. The number of aromatic amines is 1. The Balaban J connectivity index is 1.45. The van der Waals surface area contributed by atoms with Gasteiger partial charge in [0.15, 0.2) is 17.4 Å². The standard InChI is InChI=1S/C23H21FN4O2/c1-30-17-6-4-12(9-15(17)24)21-25-11-13-3-5-14-18-16(26-20(14)19(13)27-21)10-23(7-2-8-23)28-22(18)29/h4,6,9,11,26H,2-3,5,7-8,10H2,1H3,(H,28,29). The van der Waals surface area contributed by atoms with E-state index < -0.39 is 5.82 Å². The lowest BCUT2D eigenvalue weighted by atomic mass is 9.71. The first-order valence-corrected chi connectivity index (χ1v) is 10.3. The minimum absolute atomic E-state index is 0.0309. The fourth-order valence-electron chi connectivity index (χ4n) is 5.06. The highest BCUT2D eigenvalue weighted by Gasteiger charge is 2.45. The normalized spacial score (nSPS) is 18.1. The minimum atomic E-state index is -0.449. The van der Waals surface area contributed by atoms with Gasteiger partial charge in [-0.3, -0.25) is 4.79 Å². The van der Waals surface area contributed by atoms with Gasteiger partial charge in [-0.25, -0.2) is 14.4 Å². The molecule has 2 aliphatic carbocycles. The molecule has 6 nitrogen and oxygen atoms in total. The maximum atomic E-state index is 14.2. The van der Waals surface area contributed by atoms with Crippen molar-refractivity contribution in [1.82, 2.24) is 20.3 Å². The van der Waals surface area contributed by atoms with E-state index in [0.29, 0.717) is 11.4 Å². The van der Waals surface area contributed by atoms with Gasteiger partial charge in [0.1, 0.15) is 0 Å². The molecule has 0 bridgehead atoms. The number of nitrogens with one attached hydrogen (secondary N) is 2. The molecule has 3 heterocycles.